The molecule has 1 atom stereocenters. The maximum absolute atomic E-state index is 12.0. The first-order chi connectivity index (χ1) is 7.47. The molecule has 1 saturated heterocycles. The number of rotatable bonds is 6. The molecule has 0 saturated carbocycles. The molecular formula is C10H19F3N2S. The molecule has 0 amide bonds. The lowest BCUT2D eigenvalue weighted by atomic mass is 10.2. The van der Waals surface area contributed by atoms with E-state index in [0.29, 0.717) is 12.6 Å². The Kier molecular flexibility index (Phi) is 5.92. The van der Waals surface area contributed by atoms with E-state index >= 15 is 0 Å². The molecule has 0 spiro atoms. The highest BCUT2D eigenvalue weighted by molar-refractivity contribution is 7.99. The second kappa shape index (κ2) is 6.71. The maximum atomic E-state index is 12.0. The number of nitrogens with zero attached hydrogens (tertiary/aromatic N) is 1. The summed E-state index contributed by atoms with van der Waals surface area (Å²) in [5.41, 5.74) is 0. The van der Waals surface area contributed by atoms with Crippen LogP contribution in [-0.4, -0.2) is 55.3 Å². The molecule has 1 aliphatic heterocycles. The average molecular weight is 256 g/mol. The molecule has 0 bridgehead atoms. The predicted molar refractivity (Wildman–Crippen MR) is 61.9 cm³/mol. The van der Waals surface area contributed by atoms with E-state index in [1.165, 1.54) is 24.1 Å². The van der Waals surface area contributed by atoms with Gasteiger partial charge in [0, 0.05) is 11.8 Å². The quantitative estimate of drug-likeness (QED) is 0.731. The van der Waals surface area contributed by atoms with Crippen molar-refractivity contribution in [2.45, 2.75) is 25.1 Å². The molecule has 1 unspecified atom stereocenters. The largest absolute Gasteiger partial charge is 0.401 e. The van der Waals surface area contributed by atoms with E-state index in [2.05, 4.69) is 5.32 Å². The van der Waals surface area contributed by atoms with Crippen molar-refractivity contribution in [3.63, 3.8) is 0 Å². The van der Waals surface area contributed by atoms with Crippen LogP contribution in [0.15, 0.2) is 0 Å². The highest BCUT2D eigenvalue weighted by atomic mass is 32.2. The van der Waals surface area contributed by atoms with Gasteiger partial charge < -0.3 is 5.32 Å². The SMILES string of the molecule is CN(CCCNC1CCSC1)CC(F)(F)F. The average Bonchev–Trinajstić information content (AvgIpc) is 2.62. The Balaban J connectivity index is 1.97. The van der Waals surface area contributed by atoms with Crippen molar-refractivity contribution in [1.82, 2.24) is 10.2 Å². The first-order valence-corrected chi connectivity index (χ1v) is 6.69. The maximum Gasteiger partial charge on any atom is 0.401 e. The van der Waals surface area contributed by atoms with Gasteiger partial charge in [-0.25, -0.2) is 0 Å². The van der Waals surface area contributed by atoms with Crippen molar-refractivity contribution >= 4 is 11.8 Å². The molecule has 16 heavy (non-hydrogen) atoms. The molecule has 1 N–H and O–H groups in total. The zero-order valence-corrected chi connectivity index (χ0v) is 10.3. The number of halogens is 3. The minimum Gasteiger partial charge on any atom is -0.313 e. The predicted octanol–water partition coefficient (Wildman–Crippen LogP) is 1.97. The van der Waals surface area contributed by atoms with Gasteiger partial charge in [-0.15, -0.1) is 0 Å². The second-order valence-corrected chi connectivity index (χ2v) is 5.37. The Morgan fingerprint density at radius 1 is 1.44 bits per heavy atom. The molecule has 0 aromatic carbocycles. The van der Waals surface area contributed by atoms with E-state index in [-0.39, 0.29) is 0 Å². The molecule has 96 valence electrons. The first kappa shape index (κ1) is 14.1. The highest BCUT2D eigenvalue weighted by Gasteiger charge is 2.28. The summed E-state index contributed by atoms with van der Waals surface area (Å²) in [6.07, 6.45) is -2.12. The van der Waals surface area contributed by atoms with E-state index in [4.69, 9.17) is 0 Å². The van der Waals surface area contributed by atoms with Crippen LogP contribution in [0.2, 0.25) is 0 Å². The Morgan fingerprint density at radius 3 is 2.75 bits per heavy atom. The normalized spacial score (nSPS) is 21.9. The molecule has 1 aliphatic rings. The molecule has 0 aromatic rings. The van der Waals surface area contributed by atoms with Crippen molar-refractivity contribution in [3.8, 4) is 0 Å². The number of hydrogen-bond acceptors (Lipinski definition) is 3. The topological polar surface area (TPSA) is 15.3 Å². The van der Waals surface area contributed by atoms with Crippen LogP contribution in [0.3, 0.4) is 0 Å². The van der Waals surface area contributed by atoms with Gasteiger partial charge in [0.1, 0.15) is 0 Å². The summed E-state index contributed by atoms with van der Waals surface area (Å²) >= 11 is 1.93. The number of alkyl halides is 3. The standard InChI is InChI=1S/C10H19F3N2S/c1-15(8-10(11,12)13)5-2-4-14-9-3-6-16-7-9/h9,14H,2-8H2,1H3. The number of thioether (sulfide) groups is 1. The second-order valence-electron chi connectivity index (χ2n) is 4.22. The molecule has 1 heterocycles. The Morgan fingerprint density at radius 2 is 2.19 bits per heavy atom. The van der Waals surface area contributed by atoms with Crippen molar-refractivity contribution in [3.05, 3.63) is 0 Å². The van der Waals surface area contributed by atoms with Crippen LogP contribution in [-0.2, 0) is 0 Å². The fraction of sp³-hybridized carbons (Fsp3) is 1.00. The molecule has 6 heteroatoms. The third kappa shape index (κ3) is 6.60. The zero-order chi connectivity index (χ0) is 12.0. The first-order valence-electron chi connectivity index (χ1n) is 5.54. The lowest BCUT2D eigenvalue weighted by molar-refractivity contribution is -0.143. The van der Waals surface area contributed by atoms with E-state index in [9.17, 15) is 13.2 Å². The third-order valence-electron chi connectivity index (χ3n) is 2.53. The zero-order valence-electron chi connectivity index (χ0n) is 9.52. The minimum atomic E-state index is -4.08. The van der Waals surface area contributed by atoms with Gasteiger partial charge in [0.2, 0.25) is 0 Å². The number of nitrogens with one attached hydrogen (secondary N) is 1. The van der Waals surface area contributed by atoms with Crippen LogP contribution in [0.5, 0.6) is 0 Å². The molecule has 2 nitrogen and oxygen atoms in total. The summed E-state index contributed by atoms with van der Waals surface area (Å²) in [6, 6.07) is 0.568. The van der Waals surface area contributed by atoms with Crippen LogP contribution < -0.4 is 5.32 Å². The molecule has 1 fully saturated rings. The third-order valence-corrected chi connectivity index (χ3v) is 3.69. The van der Waals surface area contributed by atoms with E-state index in [1.54, 1.807) is 0 Å². The molecule has 1 rings (SSSR count). The lowest BCUT2D eigenvalue weighted by Crippen LogP contribution is -2.35. The fourth-order valence-electron chi connectivity index (χ4n) is 1.74. The fourth-order valence-corrected chi connectivity index (χ4v) is 2.92. The van der Waals surface area contributed by atoms with Crippen molar-refractivity contribution in [1.29, 1.82) is 0 Å². The van der Waals surface area contributed by atoms with Gasteiger partial charge in [0.05, 0.1) is 6.54 Å². The van der Waals surface area contributed by atoms with Crippen molar-refractivity contribution in [2.24, 2.45) is 0 Å². The van der Waals surface area contributed by atoms with Gasteiger partial charge >= 0.3 is 6.18 Å². The van der Waals surface area contributed by atoms with Gasteiger partial charge in [0.25, 0.3) is 0 Å². The minimum absolute atomic E-state index is 0.492. The van der Waals surface area contributed by atoms with Crippen molar-refractivity contribution < 1.29 is 13.2 Å². The van der Waals surface area contributed by atoms with Gasteiger partial charge in [-0.3, -0.25) is 4.90 Å². The Bertz CT molecular complexity index is 193. The summed E-state index contributed by atoms with van der Waals surface area (Å²) in [5, 5.41) is 3.37. The summed E-state index contributed by atoms with van der Waals surface area (Å²) in [5.74, 6) is 2.34. The molecular weight excluding hydrogens is 237 g/mol. The van der Waals surface area contributed by atoms with Gasteiger partial charge in [0.15, 0.2) is 0 Å². The Hall–Kier alpha value is 0.0600. The highest BCUT2D eigenvalue weighted by Crippen LogP contribution is 2.17. The monoisotopic (exact) mass is 256 g/mol. The van der Waals surface area contributed by atoms with Gasteiger partial charge in [-0.1, -0.05) is 0 Å². The summed E-state index contributed by atoms with van der Waals surface area (Å²) in [4.78, 5) is 1.32. The summed E-state index contributed by atoms with van der Waals surface area (Å²) in [7, 11) is 1.51. The van der Waals surface area contributed by atoms with Crippen LogP contribution in [0.25, 0.3) is 0 Å². The van der Waals surface area contributed by atoms with Crippen LogP contribution in [0, 0.1) is 0 Å². The van der Waals surface area contributed by atoms with Crippen molar-refractivity contribution in [2.75, 3.05) is 38.2 Å². The summed E-state index contributed by atoms with van der Waals surface area (Å²) < 4.78 is 36.0. The van der Waals surface area contributed by atoms with Gasteiger partial charge in [-0.05, 0) is 38.7 Å². The van der Waals surface area contributed by atoms with Crippen LogP contribution >= 0.6 is 11.8 Å². The smallest absolute Gasteiger partial charge is 0.313 e. The van der Waals surface area contributed by atoms with E-state index < -0.39 is 12.7 Å². The molecule has 0 aliphatic carbocycles. The van der Waals surface area contributed by atoms with Gasteiger partial charge in [-0.2, -0.15) is 24.9 Å². The molecule has 0 radical (unpaired) electrons. The van der Waals surface area contributed by atoms with E-state index in [0.717, 1.165) is 18.7 Å². The van der Waals surface area contributed by atoms with Crippen LogP contribution in [0.1, 0.15) is 12.8 Å². The molecule has 0 aromatic heterocycles. The summed E-state index contributed by atoms with van der Waals surface area (Å²) in [6.45, 7) is 0.492. The number of hydrogen-bond donors (Lipinski definition) is 1. The van der Waals surface area contributed by atoms with E-state index in [1.807, 2.05) is 11.8 Å². The lowest BCUT2D eigenvalue weighted by Gasteiger charge is -2.19. The Labute approximate surface area is 98.9 Å². The van der Waals surface area contributed by atoms with Crippen LogP contribution in [0.4, 0.5) is 13.2 Å².